The highest BCUT2D eigenvalue weighted by Gasteiger charge is 2.27. The molecule has 1 atom stereocenters. The van der Waals surface area contributed by atoms with Gasteiger partial charge in [0.25, 0.3) is 0 Å². The van der Waals surface area contributed by atoms with Crippen LogP contribution in [0.15, 0.2) is 0 Å². The standard InChI is InChI=1S/C8H17N3O3S/c1-9-8(12)7-5-10-3-4-11(6-7)15(2,13)14/h7,10H,3-6H2,1-2H3,(H,9,12). The molecule has 0 aliphatic carbocycles. The average Bonchev–Trinajstić information content (AvgIpc) is 2.40. The minimum absolute atomic E-state index is 0.127. The lowest BCUT2D eigenvalue weighted by Crippen LogP contribution is -2.40. The number of carbonyl (C=O) groups is 1. The molecule has 0 radical (unpaired) electrons. The van der Waals surface area contributed by atoms with Crippen molar-refractivity contribution in [1.29, 1.82) is 0 Å². The topological polar surface area (TPSA) is 78.5 Å². The van der Waals surface area contributed by atoms with E-state index in [0.717, 1.165) is 0 Å². The van der Waals surface area contributed by atoms with Gasteiger partial charge in [0.15, 0.2) is 0 Å². The van der Waals surface area contributed by atoms with Gasteiger partial charge in [-0.3, -0.25) is 4.79 Å². The van der Waals surface area contributed by atoms with Crippen LogP contribution in [-0.4, -0.2) is 58.1 Å². The van der Waals surface area contributed by atoms with Crippen LogP contribution < -0.4 is 10.6 Å². The van der Waals surface area contributed by atoms with Gasteiger partial charge < -0.3 is 10.6 Å². The summed E-state index contributed by atoms with van der Waals surface area (Å²) in [6, 6.07) is 0. The van der Waals surface area contributed by atoms with Gasteiger partial charge in [-0.15, -0.1) is 0 Å². The van der Waals surface area contributed by atoms with E-state index >= 15 is 0 Å². The molecule has 1 amide bonds. The molecule has 15 heavy (non-hydrogen) atoms. The van der Waals surface area contributed by atoms with Gasteiger partial charge in [0.2, 0.25) is 15.9 Å². The van der Waals surface area contributed by atoms with Crippen LogP contribution >= 0.6 is 0 Å². The monoisotopic (exact) mass is 235 g/mol. The lowest BCUT2D eigenvalue weighted by molar-refractivity contribution is -0.124. The number of sulfonamides is 1. The summed E-state index contributed by atoms with van der Waals surface area (Å²) < 4.78 is 24.1. The molecule has 7 heteroatoms. The lowest BCUT2D eigenvalue weighted by Gasteiger charge is -2.20. The van der Waals surface area contributed by atoms with Gasteiger partial charge in [-0.2, -0.15) is 0 Å². The van der Waals surface area contributed by atoms with Gasteiger partial charge in [-0.05, 0) is 0 Å². The summed E-state index contributed by atoms with van der Waals surface area (Å²) in [6.45, 7) is 1.78. The molecule has 1 rings (SSSR count). The maximum Gasteiger partial charge on any atom is 0.225 e. The molecule has 88 valence electrons. The summed E-state index contributed by atoms with van der Waals surface area (Å²) in [5.74, 6) is -0.440. The van der Waals surface area contributed by atoms with Crippen molar-refractivity contribution < 1.29 is 13.2 Å². The Kier molecular flexibility index (Phi) is 4.06. The van der Waals surface area contributed by atoms with E-state index in [0.29, 0.717) is 19.6 Å². The second-order valence-corrected chi connectivity index (χ2v) is 5.62. The summed E-state index contributed by atoms with van der Waals surface area (Å²) in [5.41, 5.74) is 0. The zero-order valence-electron chi connectivity index (χ0n) is 8.99. The first-order valence-electron chi connectivity index (χ1n) is 4.82. The fraction of sp³-hybridized carbons (Fsp3) is 0.875. The highest BCUT2D eigenvalue weighted by atomic mass is 32.2. The third-order valence-electron chi connectivity index (χ3n) is 2.44. The predicted octanol–water partition coefficient (Wildman–Crippen LogP) is -1.79. The van der Waals surface area contributed by atoms with Crippen LogP contribution in [0.1, 0.15) is 0 Å². The van der Waals surface area contributed by atoms with E-state index in [9.17, 15) is 13.2 Å². The fourth-order valence-electron chi connectivity index (χ4n) is 1.56. The van der Waals surface area contributed by atoms with Crippen molar-refractivity contribution in [2.75, 3.05) is 39.5 Å². The Labute approximate surface area is 90.1 Å². The van der Waals surface area contributed by atoms with Crippen molar-refractivity contribution in [1.82, 2.24) is 14.9 Å². The van der Waals surface area contributed by atoms with Gasteiger partial charge in [-0.25, -0.2) is 12.7 Å². The summed E-state index contributed by atoms with van der Waals surface area (Å²) in [5, 5.41) is 5.58. The lowest BCUT2D eigenvalue weighted by atomic mass is 10.1. The van der Waals surface area contributed by atoms with Gasteiger partial charge in [0, 0.05) is 33.2 Å². The van der Waals surface area contributed by atoms with Crippen LogP contribution in [-0.2, 0) is 14.8 Å². The van der Waals surface area contributed by atoms with Crippen molar-refractivity contribution in [3.63, 3.8) is 0 Å². The highest BCUT2D eigenvalue weighted by molar-refractivity contribution is 7.88. The van der Waals surface area contributed by atoms with Crippen LogP contribution in [0.3, 0.4) is 0 Å². The van der Waals surface area contributed by atoms with Gasteiger partial charge in [0.1, 0.15) is 0 Å². The van der Waals surface area contributed by atoms with E-state index in [-0.39, 0.29) is 18.4 Å². The first kappa shape index (κ1) is 12.4. The van der Waals surface area contributed by atoms with E-state index in [1.54, 1.807) is 7.05 Å². The molecule has 1 heterocycles. The predicted molar refractivity (Wildman–Crippen MR) is 56.8 cm³/mol. The molecule has 0 bridgehead atoms. The maximum absolute atomic E-state index is 11.4. The first-order chi connectivity index (χ1) is 6.95. The third kappa shape index (κ3) is 3.44. The van der Waals surface area contributed by atoms with Crippen LogP contribution in [0.4, 0.5) is 0 Å². The van der Waals surface area contributed by atoms with Gasteiger partial charge in [0.05, 0.1) is 12.2 Å². The molecule has 0 saturated carbocycles. The Morgan fingerprint density at radius 2 is 2.20 bits per heavy atom. The molecule has 2 N–H and O–H groups in total. The molecule has 0 aromatic rings. The molecule has 1 unspecified atom stereocenters. The number of carbonyl (C=O) groups excluding carboxylic acids is 1. The molecular formula is C8H17N3O3S. The van der Waals surface area contributed by atoms with Gasteiger partial charge >= 0.3 is 0 Å². The van der Waals surface area contributed by atoms with Crippen molar-refractivity contribution in [3.05, 3.63) is 0 Å². The quantitative estimate of drug-likeness (QED) is 0.593. The molecule has 1 aliphatic rings. The second kappa shape index (κ2) is 4.91. The molecule has 0 aromatic carbocycles. The molecule has 6 nitrogen and oxygen atoms in total. The highest BCUT2D eigenvalue weighted by Crippen LogP contribution is 2.07. The minimum atomic E-state index is -3.21. The zero-order chi connectivity index (χ0) is 11.5. The number of amides is 1. The normalized spacial score (nSPS) is 24.5. The first-order valence-corrected chi connectivity index (χ1v) is 6.67. The Morgan fingerprint density at radius 1 is 1.53 bits per heavy atom. The Bertz CT molecular complexity index is 328. The van der Waals surface area contributed by atoms with E-state index in [4.69, 9.17) is 0 Å². The third-order valence-corrected chi connectivity index (χ3v) is 3.71. The molecular weight excluding hydrogens is 218 g/mol. The van der Waals surface area contributed by atoms with Crippen LogP contribution in [0.2, 0.25) is 0 Å². The summed E-state index contributed by atoms with van der Waals surface area (Å²) in [7, 11) is -1.66. The summed E-state index contributed by atoms with van der Waals surface area (Å²) >= 11 is 0. The molecule has 1 saturated heterocycles. The maximum atomic E-state index is 11.4. The number of nitrogens with zero attached hydrogens (tertiary/aromatic N) is 1. The molecule has 1 aliphatic heterocycles. The average molecular weight is 235 g/mol. The van der Waals surface area contributed by atoms with Gasteiger partial charge in [-0.1, -0.05) is 0 Å². The number of hydrogen-bond acceptors (Lipinski definition) is 4. The second-order valence-electron chi connectivity index (χ2n) is 3.64. The zero-order valence-corrected chi connectivity index (χ0v) is 9.80. The smallest absolute Gasteiger partial charge is 0.225 e. The Hall–Kier alpha value is -0.660. The van der Waals surface area contributed by atoms with Crippen LogP contribution in [0, 0.1) is 5.92 Å². The minimum Gasteiger partial charge on any atom is -0.359 e. The Balaban J connectivity index is 2.74. The number of rotatable bonds is 2. The van der Waals surface area contributed by atoms with Crippen LogP contribution in [0.5, 0.6) is 0 Å². The van der Waals surface area contributed by atoms with Crippen LogP contribution in [0.25, 0.3) is 0 Å². The summed E-state index contributed by atoms with van der Waals surface area (Å²) in [4.78, 5) is 11.4. The van der Waals surface area contributed by atoms with E-state index < -0.39 is 10.0 Å². The van der Waals surface area contributed by atoms with Crippen molar-refractivity contribution in [2.24, 2.45) is 5.92 Å². The number of nitrogens with one attached hydrogen (secondary N) is 2. The fourth-order valence-corrected chi connectivity index (χ4v) is 2.44. The van der Waals surface area contributed by atoms with Crippen molar-refractivity contribution in [3.8, 4) is 0 Å². The summed E-state index contributed by atoms with van der Waals surface area (Å²) in [6.07, 6.45) is 1.17. The SMILES string of the molecule is CNC(=O)C1CNCCN(S(C)(=O)=O)C1. The van der Waals surface area contributed by atoms with E-state index in [2.05, 4.69) is 10.6 Å². The largest absolute Gasteiger partial charge is 0.359 e. The molecule has 1 fully saturated rings. The molecule has 0 spiro atoms. The molecule has 0 aromatic heterocycles. The van der Waals surface area contributed by atoms with Crippen molar-refractivity contribution >= 4 is 15.9 Å². The number of hydrogen-bond donors (Lipinski definition) is 2. The Morgan fingerprint density at radius 3 is 2.73 bits per heavy atom. The van der Waals surface area contributed by atoms with E-state index in [1.165, 1.54) is 10.6 Å². The van der Waals surface area contributed by atoms with Crippen molar-refractivity contribution in [2.45, 2.75) is 0 Å². The van der Waals surface area contributed by atoms with E-state index in [1.807, 2.05) is 0 Å².